The molecule has 0 N–H and O–H groups in total. The van der Waals surface area contributed by atoms with Gasteiger partial charge in [-0.15, -0.1) is 0 Å². The summed E-state index contributed by atoms with van der Waals surface area (Å²) in [6.07, 6.45) is 12.9. The Kier molecular flexibility index (Phi) is 7.85. The van der Waals surface area contributed by atoms with E-state index in [1.807, 2.05) is 12.1 Å². The van der Waals surface area contributed by atoms with Crippen LogP contribution in [0, 0.1) is 6.92 Å². The van der Waals surface area contributed by atoms with Crippen LogP contribution in [0.5, 0.6) is 0 Å². The van der Waals surface area contributed by atoms with Crippen LogP contribution >= 0.6 is 0 Å². The van der Waals surface area contributed by atoms with Crippen molar-refractivity contribution in [2.24, 2.45) is 0 Å². The van der Waals surface area contributed by atoms with Gasteiger partial charge in [0.25, 0.3) is 0 Å². The second-order valence-corrected chi connectivity index (χ2v) is 6.46. The molecule has 0 atom stereocenters. The lowest BCUT2D eigenvalue weighted by Crippen LogP contribution is -1.87. The van der Waals surface area contributed by atoms with E-state index in [1.165, 1.54) is 56.9 Å². The predicted octanol–water partition coefficient (Wildman–Crippen LogP) is 6.12. The van der Waals surface area contributed by atoms with Gasteiger partial charge < -0.3 is 4.52 Å². The maximum absolute atomic E-state index is 5.36. The predicted molar refractivity (Wildman–Crippen MR) is 95.4 cm³/mol. The van der Waals surface area contributed by atoms with Crippen molar-refractivity contribution < 1.29 is 4.52 Å². The fourth-order valence-corrected chi connectivity index (χ4v) is 2.76. The van der Waals surface area contributed by atoms with Crippen molar-refractivity contribution in [3.63, 3.8) is 0 Å². The van der Waals surface area contributed by atoms with Gasteiger partial charge in [0.15, 0.2) is 0 Å². The molecule has 0 saturated carbocycles. The maximum Gasteiger partial charge on any atom is 0.226 e. The molecule has 126 valence electrons. The van der Waals surface area contributed by atoms with E-state index in [0.717, 1.165) is 24.3 Å². The number of aromatic nitrogens is 2. The van der Waals surface area contributed by atoms with Crippen LogP contribution in [0.1, 0.15) is 76.2 Å². The molecular weight excluding hydrogens is 284 g/mol. The van der Waals surface area contributed by atoms with Crippen molar-refractivity contribution in [2.75, 3.05) is 0 Å². The highest BCUT2D eigenvalue weighted by Crippen LogP contribution is 2.17. The summed E-state index contributed by atoms with van der Waals surface area (Å²) < 4.78 is 5.36. The van der Waals surface area contributed by atoms with Crippen LogP contribution in [0.15, 0.2) is 28.8 Å². The Morgan fingerprint density at radius 3 is 2.09 bits per heavy atom. The van der Waals surface area contributed by atoms with E-state index < -0.39 is 0 Å². The first-order valence-corrected chi connectivity index (χ1v) is 9.19. The van der Waals surface area contributed by atoms with Crippen molar-refractivity contribution in [3.8, 4) is 11.4 Å². The summed E-state index contributed by atoms with van der Waals surface area (Å²) >= 11 is 0. The van der Waals surface area contributed by atoms with Crippen molar-refractivity contribution >= 4 is 0 Å². The SMILES string of the molecule is CCCCCCCCCCCc1nc(-c2ccc(C)cc2)no1. The zero-order valence-corrected chi connectivity index (χ0v) is 14.7. The molecule has 3 heteroatoms. The van der Waals surface area contributed by atoms with Gasteiger partial charge in [0.05, 0.1) is 0 Å². The average molecular weight is 314 g/mol. The molecule has 0 saturated heterocycles. The molecule has 1 heterocycles. The first-order valence-electron chi connectivity index (χ1n) is 9.19. The van der Waals surface area contributed by atoms with Crippen molar-refractivity contribution in [1.82, 2.24) is 10.1 Å². The standard InChI is InChI=1S/C20H30N2O/c1-3-4-5-6-7-8-9-10-11-12-19-21-20(22-23-19)18-15-13-17(2)14-16-18/h13-16H,3-12H2,1-2H3. The monoisotopic (exact) mass is 314 g/mol. The van der Waals surface area contributed by atoms with Gasteiger partial charge in [0.2, 0.25) is 11.7 Å². The van der Waals surface area contributed by atoms with Gasteiger partial charge in [-0.25, -0.2) is 0 Å². The number of hydrogen-bond acceptors (Lipinski definition) is 3. The van der Waals surface area contributed by atoms with E-state index in [-0.39, 0.29) is 0 Å². The Morgan fingerprint density at radius 1 is 0.826 bits per heavy atom. The molecular formula is C20H30N2O. The van der Waals surface area contributed by atoms with Crippen molar-refractivity contribution in [1.29, 1.82) is 0 Å². The highest BCUT2D eigenvalue weighted by molar-refractivity contribution is 5.54. The molecule has 0 fully saturated rings. The van der Waals surface area contributed by atoms with Gasteiger partial charge in [-0.3, -0.25) is 0 Å². The van der Waals surface area contributed by atoms with E-state index in [0.29, 0.717) is 5.82 Å². The van der Waals surface area contributed by atoms with E-state index in [1.54, 1.807) is 0 Å². The van der Waals surface area contributed by atoms with Crippen LogP contribution in [-0.4, -0.2) is 10.1 Å². The molecule has 2 rings (SSSR count). The van der Waals surface area contributed by atoms with Crippen molar-refractivity contribution in [3.05, 3.63) is 35.7 Å². The Labute approximate surface area is 140 Å². The molecule has 0 aliphatic carbocycles. The zero-order valence-electron chi connectivity index (χ0n) is 14.7. The minimum atomic E-state index is 0.705. The fourth-order valence-electron chi connectivity index (χ4n) is 2.76. The van der Waals surface area contributed by atoms with Crippen LogP contribution in [0.25, 0.3) is 11.4 Å². The quantitative estimate of drug-likeness (QED) is 0.469. The summed E-state index contributed by atoms with van der Waals surface area (Å²) in [5.41, 5.74) is 2.27. The number of rotatable bonds is 11. The molecule has 0 aliphatic rings. The molecule has 0 spiro atoms. The maximum atomic E-state index is 5.36. The minimum absolute atomic E-state index is 0.705. The molecule has 23 heavy (non-hydrogen) atoms. The first kappa shape index (κ1) is 17.7. The lowest BCUT2D eigenvalue weighted by atomic mass is 10.1. The zero-order chi connectivity index (χ0) is 16.3. The summed E-state index contributed by atoms with van der Waals surface area (Å²) in [6.45, 7) is 4.34. The van der Waals surface area contributed by atoms with Crippen LogP contribution < -0.4 is 0 Å². The number of nitrogens with zero attached hydrogens (tertiary/aromatic N) is 2. The second-order valence-electron chi connectivity index (χ2n) is 6.46. The number of benzene rings is 1. The Bertz CT molecular complexity index is 545. The molecule has 1 aromatic carbocycles. The van der Waals surface area contributed by atoms with E-state index in [4.69, 9.17) is 4.52 Å². The average Bonchev–Trinajstić information content (AvgIpc) is 3.03. The molecule has 2 aromatic rings. The Morgan fingerprint density at radius 2 is 1.43 bits per heavy atom. The Balaban J connectivity index is 1.61. The third-order valence-corrected chi connectivity index (χ3v) is 4.27. The number of unbranched alkanes of at least 4 members (excludes halogenated alkanes) is 8. The number of hydrogen-bond donors (Lipinski definition) is 0. The van der Waals surface area contributed by atoms with Crippen LogP contribution in [0.2, 0.25) is 0 Å². The fraction of sp³-hybridized carbons (Fsp3) is 0.600. The summed E-state index contributed by atoms with van der Waals surface area (Å²) in [5.74, 6) is 1.47. The third-order valence-electron chi connectivity index (χ3n) is 4.27. The molecule has 0 unspecified atom stereocenters. The topological polar surface area (TPSA) is 38.9 Å². The molecule has 3 nitrogen and oxygen atoms in total. The summed E-state index contributed by atoms with van der Waals surface area (Å²) in [7, 11) is 0. The second kappa shape index (κ2) is 10.2. The highest BCUT2D eigenvalue weighted by Gasteiger charge is 2.07. The molecule has 0 bridgehead atoms. The number of aryl methyl sites for hydroxylation is 2. The lowest BCUT2D eigenvalue weighted by molar-refractivity contribution is 0.373. The molecule has 0 aliphatic heterocycles. The van der Waals surface area contributed by atoms with Gasteiger partial charge in [-0.1, -0.05) is 93.3 Å². The minimum Gasteiger partial charge on any atom is -0.339 e. The van der Waals surface area contributed by atoms with Crippen LogP contribution in [-0.2, 0) is 6.42 Å². The van der Waals surface area contributed by atoms with Crippen LogP contribution in [0.4, 0.5) is 0 Å². The van der Waals surface area contributed by atoms with E-state index in [2.05, 4.69) is 36.1 Å². The van der Waals surface area contributed by atoms with Gasteiger partial charge in [0.1, 0.15) is 0 Å². The lowest BCUT2D eigenvalue weighted by Gasteiger charge is -2.00. The van der Waals surface area contributed by atoms with Gasteiger partial charge in [-0.2, -0.15) is 4.98 Å². The largest absolute Gasteiger partial charge is 0.339 e. The van der Waals surface area contributed by atoms with Gasteiger partial charge >= 0.3 is 0 Å². The molecule has 0 radical (unpaired) electrons. The Hall–Kier alpha value is -1.64. The van der Waals surface area contributed by atoms with Crippen LogP contribution in [0.3, 0.4) is 0 Å². The summed E-state index contributed by atoms with van der Waals surface area (Å²) in [5, 5.41) is 4.09. The summed E-state index contributed by atoms with van der Waals surface area (Å²) in [4.78, 5) is 4.50. The third kappa shape index (κ3) is 6.55. The highest BCUT2D eigenvalue weighted by atomic mass is 16.5. The van der Waals surface area contributed by atoms with Gasteiger partial charge in [-0.05, 0) is 13.3 Å². The summed E-state index contributed by atoms with van der Waals surface area (Å²) in [6, 6.07) is 8.24. The van der Waals surface area contributed by atoms with E-state index >= 15 is 0 Å². The molecule has 1 aromatic heterocycles. The normalized spacial score (nSPS) is 11.0. The van der Waals surface area contributed by atoms with E-state index in [9.17, 15) is 0 Å². The van der Waals surface area contributed by atoms with Gasteiger partial charge in [0, 0.05) is 12.0 Å². The smallest absolute Gasteiger partial charge is 0.226 e. The molecule has 0 amide bonds. The van der Waals surface area contributed by atoms with Crippen molar-refractivity contribution in [2.45, 2.75) is 78.1 Å². The first-order chi connectivity index (χ1) is 11.3.